The number of nitrogens with one attached hydrogen (secondary N) is 1. The summed E-state index contributed by atoms with van der Waals surface area (Å²) < 4.78 is 0. The number of hydrogen-bond donors (Lipinski definition) is 2. The molecular formula is C12H17NO3. The number of carboxylic acids is 1. The Morgan fingerprint density at radius 2 is 2.06 bits per heavy atom. The molecule has 2 fully saturated rings. The highest BCUT2D eigenvalue weighted by Gasteiger charge is 2.51. The third-order valence-corrected chi connectivity index (χ3v) is 3.86. The van der Waals surface area contributed by atoms with Crippen molar-refractivity contribution < 1.29 is 14.7 Å². The number of carbonyl (C=O) groups excluding carboxylic acids is 1. The van der Waals surface area contributed by atoms with Gasteiger partial charge in [0.15, 0.2) is 0 Å². The van der Waals surface area contributed by atoms with Crippen molar-refractivity contribution in [1.29, 1.82) is 0 Å². The number of hydrogen-bond acceptors (Lipinski definition) is 2. The highest BCUT2D eigenvalue weighted by molar-refractivity contribution is 5.79. The van der Waals surface area contributed by atoms with Gasteiger partial charge in [0.05, 0.1) is 5.92 Å². The predicted octanol–water partition coefficient (Wildman–Crippen LogP) is 1.18. The second-order valence-corrected chi connectivity index (χ2v) is 4.78. The Morgan fingerprint density at radius 3 is 2.69 bits per heavy atom. The smallest absolute Gasteiger partial charge is 0.308 e. The lowest BCUT2D eigenvalue weighted by Crippen LogP contribution is -2.46. The fourth-order valence-electron chi connectivity index (χ4n) is 3.23. The Bertz CT molecular complexity index is 326. The highest BCUT2D eigenvalue weighted by Crippen LogP contribution is 2.48. The van der Waals surface area contributed by atoms with Crippen molar-refractivity contribution in [2.24, 2.45) is 17.8 Å². The Morgan fingerprint density at radius 1 is 1.38 bits per heavy atom. The summed E-state index contributed by atoms with van der Waals surface area (Å²) in [6.07, 6.45) is 4.80. The largest absolute Gasteiger partial charge is 0.481 e. The molecule has 16 heavy (non-hydrogen) atoms. The average molecular weight is 223 g/mol. The van der Waals surface area contributed by atoms with Crippen LogP contribution >= 0.6 is 0 Å². The van der Waals surface area contributed by atoms with Gasteiger partial charge in [0.25, 0.3) is 0 Å². The van der Waals surface area contributed by atoms with Gasteiger partial charge in [-0.15, -0.1) is 6.58 Å². The van der Waals surface area contributed by atoms with E-state index in [4.69, 9.17) is 0 Å². The predicted molar refractivity (Wildman–Crippen MR) is 58.7 cm³/mol. The van der Waals surface area contributed by atoms with Crippen LogP contribution in [0, 0.1) is 17.8 Å². The normalized spacial score (nSPS) is 36.0. The van der Waals surface area contributed by atoms with Gasteiger partial charge >= 0.3 is 5.97 Å². The average Bonchev–Trinajstić information content (AvgIpc) is 2.77. The van der Waals surface area contributed by atoms with Crippen molar-refractivity contribution in [3.63, 3.8) is 0 Å². The summed E-state index contributed by atoms with van der Waals surface area (Å²) in [6.45, 7) is 3.50. The third-order valence-electron chi connectivity index (χ3n) is 3.86. The minimum Gasteiger partial charge on any atom is -0.481 e. The second kappa shape index (κ2) is 4.28. The number of rotatable bonds is 4. The summed E-state index contributed by atoms with van der Waals surface area (Å²) in [5, 5.41) is 12.0. The van der Waals surface area contributed by atoms with E-state index in [-0.39, 0.29) is 30.2 Å². The molecule has 2 aliphatic rings. The summed E-state index contributed by atoms with van der Waals surface area (Å²) in [5.41, 5.74) is 0. The molecule has 0 heterocycles. The van der Waals surface area contributed by atoms with Gasteiger partial charge in [-0.3, -0.25) is 9.59 Å². The van der Waals surface area contributed by atoms with Crippen molar-refractivity contribution in [1.82, 2.24) is 5.32 Å². The van der Waals surface area contributed by atoms with E-state index in [9.17, 15) is 14.7 Å². The van der Waals surface area contributed by atoms with Gasteiger partial charge in [0.2, 0.25) is 5.91 Å². The number of carboxylic acid groups (broad SMARTS) is 1. The molecule has 4 heteroatoms. The zero-order valence-electron chi connectivity index (χ0n) is 9.19. The van der Waals surface area contributed by atoms with Gasteiger partial charge in [0.1, 0.15) is 0 Å². The summed E-state index contributed by atoms with van der Waals surface area (Å²) in [6, 6.07) is -0.163. The molecule has 2 N–H and O–H groups in total. The van der Waals surface area contributed by atoms with Crippen molar-refractivity contribution in [3.05, 3.63) is 12.7 Å². The molecule has 0 spiro atoms. The fourth-order valence-corrected chi connectivity index (χ4v) is 3.23. The van der Waals surface area contributed by atoms with Gasteiger partial charge in [-0.05, 0) is 31.1 Å². The van der Waals surface area contributed by atoms with Crippen LogP contribution in [0.15, 0.2) is 12.7 Å². The van der Waals surface area contributed by atoms with Gasteiger partial charge in [-0.1, -0.05) is 6.08 Å². The molecule has 0 aromatic carbocycles. The minimum absolute atomic E-state index is 0.112. The fraction of sp³-hybridized carbons (Fsp3) is 0.667. The zero-order chi connectivity index (χ0) is 11.7. The van der Waals surface area contributed by atoms with Crippen LogP contribution < -0.4 is 5.32 Å². The minimum atomic E-state index is -0.767. The molecule has 88 valence electrons. The van der Waals surface area contributed by atoms with Crippen molar-refractivity contribution in [3.8, 4) is 0 Å². The van der Waals surface area contributed by atoms with E-state index >= 15 is 0 Å². The van der Waals surface area contributed by atoms with E-state index in [0.717, 1.165) is 19.3 Å². The van der Waals surface area contributed by atoms with Gasteiger partial charge in [-0.25, -0.2) is 0 Å². The van der Waals surface area contributed by atoms with E-state index in [1.54, 1.807) is 0 Å². The maximum Gasteiger partial charge on any atom is 0.308 e. The molecule has 2 aliphatic carbocycles. The van der Waals surface area contributed by atoms with Gasteiger partial charge in [0, 0.05) is 12.5 Å². The molecular weight excluding hydrogens is 206 g/mol. The standard InChI is InChI=1S/C12H17NO3/c1-2-3-9(14)13-11-8-5-4-7(6-8)10(11)12(15)16/h2,7-8,10-11H,1,3-6H2,(H,13,14)(H,15,16). The van der Waals surface area contributed by atoms with Crippen LogP contribution in [0.4, 0.5) is 0 Å². The molecule has 0 aromatic rings. The molecule has 4 atom stereocenters. The number of amides is 1. The van der Waals surface area contributed by atoms with E-state index < -0.39 is 5.97 Å². The SMILES string of the molecule is C=CCC(=O)NC1C2CCC(C2)C1C(=O)O. The van der Waals surface area contributed by atoms with Crippen LogP contribution in [0.5, 0.6) is 0 Å². The van der Waals surface area contributed by atoms with Crippen LogP contribution in [-0.2, 0) is 9.59 Å². The zero-order valence-corrected chi connectivity index (χ0v) is 9.19. The number of aliphatic carboxylic acids is 1. The Labute approximate surface area is 94.7 Å². The summed E-state index contributed by atoms with van der Waals surface area (Å²) in [7, 11) is 0. The Kier molecular flexibility index (Phi) is 2.99. The molecule has 0 saturated heterocycles. The lowest BCUT2D eigenvalue weighted by atomic mass is 9.84. The Balaban J connectivity index is 2.04. The molecule has 4 nitrogen and oxygen atoms in total. The van der Waals surface area contributed by atoms with Crippen molar-refractivity contribution in [2.45, 2.75) is 31.7 Å². The van der Waals surface area contributed by atoms with E-state index in [2.05, 4.69) is 11.9 Å². The molecule has 2 bridgehead atoms. The second-order valence-electron chi connectivity index (χ2n) is 4.78. The molecule has 1 amide bonds. The maximum absolute atomic E-state index is 11.5. The summed E-state index contributed by atoms with van der Waals surface area (Å²) in [5.74, 6) is -0.640. The van der Waals surface area contributed by atoms with Crippen molar-refractivity contribution in [2.75, 3.05) is 0 Å². The lowest BCUT2D eigenvalue weighted by molar-refractivity contribution is -0.144. The summed E-state index contributed by atoms with van der Waals surface area (Å²) in [4.78, 5) is 22.6. The molecule has 0 aliphatic heterocycles. The van der Waals surface area contributed by atoms with E-state index in [0.29, 0.717) is 5.92 Å². The van der Waals surface area contributed by atoms with Crippen LogP contribution in [0.1, 0.15) is 25.7 Å². The monoisotopic (exact) mass is 223 g/mol. The highest BCUT2D eigenvalue weighted by atomic mass is 16.4. The molecule has 2 saturated carbocycles. The summed E-state index contributed by atoms with van der Waals surface area (Å²) >= 11 is 0. The van der Waals surface area contributed by atoms with Crippen molar-refractivity contribution >= 4 is 11.9 Å². The van der Waals surface area contributed by atoms with Crippen LogP contribution in [-0.4, -0.2) is 23.0 Å². The number of fused-ring (bicyclic) bond motifs is 2. The van der Waals surface area contributed by atoms with E-state index in [1.807, 2.05) is 0 Å². The van der Waals surface area contributed by atoms with Gasteiger partial charge in [-0.2, -0.15) is 0 Å². The first-order valence-corrected chi connectivity index (χ1v) is 5.76. The molecule has 0 radical (unpaired) electrons. The van der Waals surface area contributed by atoms with E-state index in [1.165, 1.54) is 6.08 Å². The first kappa shape index (κ1) is 11.2. The molecule has 4 unspecified atom stereocenters. The third kappa shape index (κ3) is 1.84. The molecule has 0 aromatic heterocycles. The lowest BCUT2D eigenvalue weighted by Gasteiger charge is -2.28. The van der Waals surface area contributed by atoms with Crippen LogP contribution in [0.25, 0.3) is 0 Å². The maximum atomic E-state index is 11.5. The first-order valence-electron chi connectivity index (χ1n) is 5.76. The Hall–Kier alpha value is -1.32. The molecule has 2 rings (SSSR count). The van der Waals surface area contributed by atoms with Crippen LogP contribution in [0.2, 0.25) is 0 Å². The quantitative estimate of drug-likeness (QED) is 0.703. The first-order chi connectivity index (χ1) is 7.63. The number of carbonyl (C=O) groups is 2. The van der Waals surface area contributed by atoms with Gasteiger partial charge < -0.3 is 10.4 Å². The van der Waals surface area contributed by atoms with Crippen LogP contribution in [0.3, 0.4) is 0 Å². The topological polar surface area (TPSA) is 66.4 Å².